The van der Waals surface area contributed by atoms with Crippen LogP contribution in [0.2, 0.25) is 0 Å². The number of carbonyl (C=O) groups is 2. The summed E-state index contributed by atoms with van der Waals surface area (Å²) in [4.78, 5) is 29.6. The molecule has 1 aliphatic carbocycles. The van der Waals surface area contributed by atoms with Gasteiger partial charge in [-0.05, 0) is 56.5 Å². The van der Waals surface area contributed by atoms with Gasteiger partial charge in [-0.3, -0.25) is 9.59 Å². The molecule has 5 rings (SSSR count). The summed E-state index contributed by atoms with van der Waals surface area (Å²) >= 11 is 0. The van der Waals surface area contributed by atoms with Crippen LogP contribution in [0.4, 0.5) is 0 Å². The number of ether oxygens (including phenoxy) is 1. The minimum Gasteiger partial charge on any atom is -0.494 e. The van der Waals surface area contributed by atoms with Crippen LogP contribution in [0.15, 0.2) is 54.6 Å². The predicted molar refractivity (Wildman–Crippen MR) is 137 cm³/mol. The standard InChI is InChI=1S/C29H35N3O3/c1-3-35-24-16-14-21(15-17-24)19-32-27(33)26-18-22-10-8-9-13-25(22)31(26)20-29(32,2)28(34)30-23-11-6-4-5-7-12-23/h8-10,13-18,23H,3-7,11-12,19-20H2,1-2H3,(H,30,34)/t29-/m0/s1. The minimum atomic E-state index is -1.00. The molecule has 0 bridgehead atoms. The van der Waals surface area contributed by atoms with Crippen LogP contribution >= 0.6 is 0 Å². The fraction of sp³-hybridized carbons (Fsp3) is 0.448. The van der Waals surface area contributed by atoms with Crippen molar-refractivity contribution in [1.82, 2.24) is 14.8 Å². The van der Waals surface area contributed by atoms with Gasteiger partial charge in [-0.15, -0.1) is 0 Å². The van der Waals surface area contributed by atoms with Crippen LogP contribution < -0.4 is 10.1 Å². The van der Waals surface area contributed by atoms with Crippen molar-refractivity contribution in [3.05, 3.63) is 65.9 Å². The number of rotatable bonds is 6. The van der Waals surface area contributed by atoms with Gasteiger partial charge in [0.1, 0.15) is 17.0 Å². The number of para-hydroxylation sites is 1. The average Bonchev–Trinajstić information content (AvgIpc) is 3.03. The van der Waals surface area contributed by atoms with Crippen LogP contribution in [0.3, 0.4) is 0 Å². The summed E-state index contributed by atoms with van der Waals surface area (Å²) in [5.41, 5.74) is 1.60. The summed E-state index contributed by atoms with van der Waals surface area (Å²) < 4.78 is 7.60. The van der Waals surface area contributed by atoms with Crippen molar-refractivity contribution in [1.29, 1.82) is 0 Å². The quantitative estimate of drug-likeness (QED) is 0.495. The molecule has 6 nitrogen and oxygen atoms in total. The first kappa shape index (κ1) is 23.5. The van der Waals surface area contributed by atoms with E-state index >= 15 is 0 Å². The van der Waals surface area contributed by atoms with Crippen LogP contribution in [0.1, 0.15) is 68.4 Å². The third kappa shape index (κ3) is 4.54. The molecule has 0 spiro atoms. The Hall–Kier alpha value is -3.28. The number of aromatic nitrogens is 1. The van der Waals surface area contributed by atoms with Gasteiger partial charge in [0.15, 0.2) is 0 Å². The van der Waals surface area contributed by atoms with Gasteiger partial charge in [-0.25, -0.2) is 0 Å². The molecule has 2 aromatic carbocycles. The van der Waals surface area contributed by atoms with E-state index in [0.29, 0.717) is 25.4 Å². The van der Waals surface area contributed by atoms with Gasteiger partial charge in [0, 0.05) is 23.5 Å². The maximum atomic E-state index is 13.9. The highest BCUT2D eigenvalue weighted by Crippen LogP contribution is 2.34. The zero-order chi connectivity index (χ0) is 24.4. The second-order valence-corrected chi connectivity index (χ2v) is 10.1. The molecule has 6 heteroatoms. The molecule has 35 heavy (non-hydrogen) atoms. The summed E-state index contributed by atoms with van der Waals surface area (Å²) in [6, 6.07) is 17.9. The highest BCUT2D eigenvalue weighted by atomic mass is 16.5. The Morgan fingerprint density at radius 2 is 1.77 bits per heavy atom. The molecule has 1 aromatic heterocycles. The predicted octanol–water partition coefficient (Wildman–Crippen LogP) is 5.29. The lowest BCUT2D eigenvalue weighted by molar-refractivity contribution is -0.134. The summed E-state index contributed by atoms with van der Waals surface area (Å²) in [7, 11) is 0. The Labute approximate surface area is 207 Å². The van der Waals surface area contributed by atoms with E-state index < -0.39 is 5.54 Å². The first-order chi connectivity index (χ1) is 17.0. The van der Waals surface area contributed by atoms with E-state index in [4.69, 9.17) is 4.74 Å². The molecule has 1 aliphatic heterocycles. The Morgan fingerprint density at radius 1 is 1.06 bits per heavy atom. The molecule has 2 amide bonds. The first-order valence-corrected chi connectivity index (χ1v) is 12.9. The maximum Gasteiger partial charge on any atom is 0.271 e. The topological polar surface area (TPSA) is 63.6 Å². The van der Waals surface area contributed by atoms with E-state index in [1.165, 1.54) is 12.8 Å². The van der Waals surface area contributed by atoms with Gasteiger partial charge in [0.05, 0.1) is 13.2 Å². The Balaban J connectivity index is 1.50. The SMILES string of the molecule is CCOc1ccc(CN2C(=O)c3cc4ccccc4n3C[C@@]2(C)C(=O)NC2CCCCCC2)cc1. The fourth-order valence-corrected chi connectivity index (χ4v) is 5.56. The summed E-state index contributed by atoms with van der Waals surface area (Å²) in [6.07, 6.45) is 6.75. The number of hydrogen-bond acceptors (Lipinski definition) is 3. The molecule has 3 aromatic rings. The lowest BCUT2D eigenvalue weighted by Crippen LogP contribution is -2.64. The van der Waals surface area contributed by atoms with E-state index in [1.54, 1.807) is 4.90 Å². The van der Waals surface area contributed by atoms with E-state index in [2.05, 4.69) is 5.32 Å². The molecule has 2 aliphatic rings. The highest BCUT2D eigenvalue weighted by molar-refractivity contribution is 6.03. The third-order valence-electron chi connectivity index (χ3n) is 7.59. The van der Waals surface area contributed by atoms with Gasteiger partial charge in [0.2, 0.25) is 5.91 Å². The molecule has 1 atom stereocenters. The van der Waals surface area contributed by atoms with Gasteiger partial charge in [-0.2, -0.15) is 0 Å². The fourth-order valence-electron chi connectivity index (χ4n) is 5.56. The smallest absolute Gasteiger partial charge is 0.271 e. The van der Waals surface area contributed by atoms with Gasteiger partial charge < -0.3 is 19.5 Å². The van der Waals surface area contributed by atoms with Crippen molar-refractivity contribution < 1.29 is 14.3 Å². The van der Waals surface area contributed by atoms with E-state index in [1.807, 2.05) is 73.0 Å². The van der Waals surface area contributed by atoms with Crippen LogP contribution in [0.25, 0.3) is 10.9 Å². The van der Waals surface area contributed by atoms with Gasteiger partial charge in [-0.1, -0.05) is 56.0 Å². The summed E-state index contributed by atoms with van der Waals surface area (Å²) in [6.45, 7) is 5.27. The first-order valence-electron chi connectivity index (χ1n) is 12.9. The number of benzene rings is 2. The zero-order valence-corrected chi connectivity index (χ0v) is 20.8. The molecule has 0 radical (unpaired) electrons. The third-order valence-corrected chi connectivity index (χ3v) is 7.59. The van der Waals surface area contributed by atoms with E-state index in [0.717, 1.165) is 47.9 Å². The zero-order valence-electron chi connectivity index (χ0n) is 20.8. The number of carbonyl (C=O) groups excluding carboxylic acids is 2. The second-order valence-electron chi connectivity index (χ2n) is 10.1. The van der Waals surface area contributed by atoms with Gasteiger partial charge in [0.25, 0.3) is 5.91 Å². The van der Waals surface area contributed by atoms with Crippen molar-refractivity contribution in [3.8, 4) is 5.75 Å². The lowest BCUT2D eigenvalue weighted by Gasteiger charge is -2.44. The van der Waals surface area contributed by atoms with Crippen molar-refractivity contribution >= 4 is 22.7 Å². The van der Waals surface area contributed by atoms with Crippen LogP contribution in [-0.2, 0) is 17.9 Å². The Bertz CT molecular complexity index is 1210. The molecule has 0 saturated heterocycles. The Kier molecular flexibility index (Phi) is 6.54. The van der Waals surface area contributed by atoms with Crippen molar-refractivity contribution in [2.45, 2.75) is 77.0 Å². The van der Waals surface area contributed by atoms with Crippen molar-refractivity contribution in [2.24, 2.45) is 0 Å². The number of hydrogen-bond donors (Lipinski definition) is 1. The largest absolute Gasteiger partial charge is 0.494 e. The Morgan fingerprint density at radius 3 is 2.49 bits per heavy atom. The average molecular weight is 474 g/mol. The molecular weight excluding hydrogens is 438 g/mol. The number of fused-ring (bicyclic) bond motifs is 3. The molecule has 1 N–H and O–H groups in total. The monoisotopic (exact) mass is 473 g/mol. The summed E-state index contributed by atoms with van der Waals surface area (Å²) in [5, 5.41) is 4.35. The molecule has 1 saturated carbocycles. The van der Waals surface area contributed by atoms with Crippen LogP contribution in [0, 0.1) is 0 Å². The molecule has 2 heterocycles. The second kappa shape index (κ2) is 9.76. The van der Waals surface area contributed by atoms with Crippen molar-refractivity contribution in [2.75, 3.05) is 6.61 Å². The normalized spacial score (nSPS) is 21.0. The van der Waals surface area contributed by atoms with E-state index in [-0.39, 0.29) is 17.9 Å². The van der Waals surface area contributed by atoms with Crippen molar-refractivity contribution in [3.63, 3.8) is 0 Å². The molecule has 184 valence electrons. The van der Waals surface area contributed by atoms with Gasteiger partial charge >= 0.3 is 0 Å². The van der Waals surface area contributed by atoms with Crippen LogP contribution in [-0.4, -0.2) is 39.5 Å². The molecule has 0 unspecified atom stereocenters. The number of amides is 2. The number of nitrogens with one attached hydrogen (secondary N) is 1. The molecule has 1 fully saturated rings. The number of nitrogens with zero attached hydrogens (tertiary/aromatic N) is 2. The maximum absolute atomic E-state index is 13.9. The van der Waals surface area contributed by atoms with E-state index in [9.17, 15) is 9.59 Å². The van der Waals surface area contributed by atoms with Crippen LogP contribution in [0.5, 0.6) is 5.75 Å². The summed E-state index contributed by atoms with van der Waals surface area (Å²) in [5.74, 6) is 0.627. The highest BCUT2D eigenvalue weighted by Gasteiger charge is 2.48. The molecular formula is C29H35N3O3. The minimum absolute atomic E-state index is 0.0629. The lowest BCUT2D eigenvalue weighted by atomic mass is 9.93.